The summed E-state index contributed by atoms with van der Waals surface area (Å²) in [7, 11) is 1.84. The minimum atomic E-state index is -0.0134. The fraction of sp³-hybridized carbons (Fsp3) is 0.900. The summed E-state index contributed by atoms with van der Waals surface area (Å²) in [6, 6.07) is -0.0134. The molecule has 0 aliphatic carbocycles. The van der Waals surface area contributed by atoms with Crippen LogP contribution in [-0.2, 0) is 9.53 Å². The van der Waals surface area contributed by atoms with E-state index in [-0.39, 0.29) is 30.0 Å². The molecular formula is C20H40IN5O2. The van der Waals surface area contributed by atoms with Crippen LogP contribution in [0.5, 0.6) is 0 Å². The van der Waals surface area contributed by atoms with Gasteiger partial charge in [-0.3, -0.25) is 14.7 Å². The van der Waals surface area contributed by atoms with E-state index in [1.807, 2.05) is 11.9 Å². The SMILES string of the molecule is CCCCOCCCNC(=NC)N1CCN(C(C)C(=O)N2CCCC2)CC1.I. The molecule has 0 aromatic heterocycles. The number of nitrogens with zero attached hydrogens (tertiary/aromatic N) is 4. The monoisotopic (exact) mass is 509 g/mol. The first kappa shape index (κ1) is 25.4. The summed E-state index contributed by atoms with van der Waals surface area (Å²) in [5, 5.41) is 3.44. The molecule has 0 radical (unpaired) electrons. The number of halogens is 1. The van der Waals surface area contributed by atoms with Crippen LogP contribution in [0.1, 0.15) is 46.0 Å². The smallest absolute Gasteiger partial charge is 0.239 e. The zero-order valence-corrected chi connectivity index (χ0v) is 20.3. The number of piperazine rings is 1. The zero-order valence-electron chi connectivity index (χ0n) is 18.0. The van der Waals surface area contributed by atoms with E-state index >= 15 is 0 Å². The predicted octanol–water partition coefficient (Wildman–Crippen LogP) is 2.02. The van der Waals surface area contributed by atoms with Crippen LogP contribution in [0.2, 0.25) is 0 Å². The van der Waals surface area contributed by atoms with E-state index in [1.54, 1.807) is 0 Å². The summed E-state index contributed by atoms with van der Waals surface area (Å²) in [5.74, 6) is 1.26. The Balaban J connectivity index is 0.00000392. The van der Waals surface area contributed by atoms with Crippen molar-refractivity contribution in [3.63, 3.8) is 0 Å². The normalized spacial score (nSPS) is 19.5. The lowest BCUT2D eigenvalue weighted by molar-refractivity contribution is -0.135. The third-order valence-corrected chi connectivity index (χ3v) is 5.54. The van der Waals surface area contributed by atoms with Crippen molar-refractivity contribution < 1.29 is 9.53 Å². The lowest BCUT2D eigenvalue weighted by Crippen LogP contribution is -2.57. The number of aliphatic imine (C=N–C) groups is 1. The Labute approximate surface area is 188 Å². The number of rotatable bonds is 9. The van der Waals surface area contributed by atoms with Gasteiger partial charge in [-0.05, 0) is 32.6 Å². The Morgan fingerprint density at radius 1 is 1.04 bits per heavy atom. The maximum Gasteiger partial charge on any atom is 0.239 e. The van der Waals surface area contributed by atoms with Crippen molar-refractivity contribution in [2.24, 2.45) is 4.99 Å². The number of hydrogen-bond acceptors (Lipinski definition) is 4. The van der Waals surface area contributed by atoms with Gasteiger partial charge < -0.3 is 19.9 Å². The topological polar surface area (TPSA) is 60.4 Å². The maximum atomic E-state index is 12.6. The van der Waals surface area contributed by atoms with Crippen LogP contribution < -0.4 is 5.32 Å². The Bertz CT molecular complexity index is 464. The zero-order chi connectivity index (χ0) is 19.5. The van der Waals surface area contributed by atoms with Gasteiger partial charge in [0.2, 0.25) is 5.91 Å². The van der Waals surface area contributed by atoms with Crippen LogP contribution in [0.25, 0.3) is 0 Å². The number of guanidine groups is 1. The van der Waals surface area contributed by atoms with E-state index in [1.165, 1.54) is 6.42 Å². The van der Waals surface area contributed by atoms with Gasteiger partial charge in [-0.2, -0.15) is 0 Å². The fourth-order valence-electron chi connectivity index (χ4n) is 3.73. The molecule has 0 saturated carbocycles. The summed E-state index contributed by atoms with van der Waals surface area (Å²) in [6.07, 6.45) is 5.61. The summed E-state index contributed by atoms with van der Waals surface area (Å²) < 4.78 is 5.60. The fourth-order valence-corrected chi connectivity index (χ4v) is 3.73. The van der Waals surface area contributed by atoms with Crippen LogP contribution in [-0.4, -0.2) is 98.7 Å². The highest BCUT2D eigenvalue weighted by Gasteiger charge is 2.30. The molecule has 2 aliphatic rings. The summed E-state index contributed by atoms with van der Waals surface area (Å²) in [4.78, 5) is 23.7. The first-order valence-corrected chi connectivity index (χ1v) is 10.7. The number of carbonyl (C=O) groups is 1. The molecule has 2 heterocycles. The van der Waals surface area contributed by atoms with Gasteiger partial charge in [0.25, 0.3) is 0 Å². The number of nitrogens with one attached hydrogen (secondary N) is 1. The highest BCUT2D eigenvalue weighted by molar-refractivity contribution is 14.0. The quantitative estimate of drug-likeness (QED) is 0.223. The molecule has 8 heteroatoms. The average Bonchev–Trinajstić information content (AvgIpc) is 3.24. The number of unbranched alkanes of at least 4 members (excludes halogenated alkanes) is 1. The lowest BCUT2D eigenvalue weighted by atomic mass is 10.2. The molecule has 0 bridgehead atoms. The highest BCUT2D eigenvalue weighted by Crippen LogP contribution is 2.14. The number of likely N-dealkylation sites (tertiary alicyclic amines) is 1. The van der Waals surface area contributed by atoms with Crippen LogP contribution in [0, 0.1) is 0 Å². The third-order valence-electron chi connectivity index (χ3n) is 5.54. The van der Waals surface area contributed by atoms with Gasteiger partial charge in [-0.15, -0.1) is 24.0 Å². The van der Waals surface area contributed by atoms with Crippen LogP contribution in [0.3, 0.4) is 0 Å². The van der Waals surface area contributed by atoms with E-state index in [0.717, 1.165) is 90.7 Å². The van der Waals surface area contributed by atoms with Crippen molar-refractivity contribution in [2.75, 3.05) is 66.1 Å². The van der Waals surface area contributed by atoms with E-state index in [9.17, 15) is 4.79 Å². The van der Waals surface area contributed by atoms with Crippen molar-refractivity contribution in [3.05, 3.63) is 0 Å². The third kappa shape index (κ3) is 8.02. The first-order chi connectivity index (χ1) is 13.2. The van der Waals surface area contributed by atoms with Crippen molar-refractivity contribution in [1.82, 2.24) is 20.0 Å². The van der Waals surface area contributed by atoms with Crippen molar-refractivity contribution >= 4 is 35.8 Å². The first-order valence-electron chi connectivity index (χ1n) is 10.7. The Morgan fingerprint density at radius 2 is 1.68 bits per heavy atom. The van der Waals surface area contributed by atoms with Crippen LogP contribution >= 0.6 is 24.0 Å². The van der Waals surface area contributed by atoms with Crippen molar-refractivity contribution in [1.29, 1.82) is 0 Å². The second kappa shape index (κ2) is 14.4. The summed E-state index contributed by atoms with van der Waals surface area (Å²) in [5.41, 5.74) is 0. The van der Waals surface area contributed by atoms with E-state index in [2.05, 4.69) is 34.0 Å². The molecule has 28 heavy (non-hydrogen) atoms. The molecule has 0 spiro atoms. The minimum absolute atomic E-state index is 0. The number of hydrogen-bond donors (Lipinski definition) is 1. The molecule has 1 N–H and O–H groups in total. The number of carbonyl (C=O) groups excluding carboxylic acids is 1. The van der Waals surface area contributed by atoms with Crippen molar-refractivity contribution in [2.45, 2.75) is 52.0 Å². The molecule has 2 saturated heterocycles. The molecule has 1 atom stereocenters. The average molecular weight is 509 g/mol. The number of ether oxygens (including phenoxy) is 1. The van der Waals surface area contributed by atoms with Gasteiger partial charge in [0.15, 0.2) is 5.96 Å². The maximum absolute atomic E-state index is 12.6. The second-order valence-electron chi connectivity index (χ2n) is 7.52. The Kier molecular flexibility index (Phi) is 13.1. The Hall–Kier alpha value is -0.610. The number of amides is 1. The molecule has 2 aliphatic heterocycles. The molecule has 0 aromatic carbocycles. The molecule has 1 amide bonds. The van der Waals surface area contributed by atoms with E-state index < -0.39 is 0 Å². The molecule has 7 nitrogen and oxygen atoms in total. The molecular weight excluding hydrogens is 469 g/mol. The molecule has 2 rings (SSSR count). The highest BCUT2D eigenvalue weighted by atomic mass is 127. The summed E-state index contributed by atoms with van der Waals surface area (Å²) >= 11 is 0. The van der Waals surface area contributed by atoms with E-state index in [4.69, 9.17) is 4.74 Å². The largest absolute Gasteiger partial charge is 0.381 e. The molecule has 2 fully saturated rings. The van der Waals surface area contributed by atoms with E-state index in [0.29, 0.717) is 5.91 Å². The van der Waals surface area contributed by atoms with Gasteiger partial charge in [0.1, 0.15) is 0 Å². The summed E-state index contributed by atoms with van der Waals surface area (Å²) in [6.45, 7) is 12.3. The standard InChI is InChI=1S/C20H39N5O2.HI/c1-4-5-16-27-17-8-9-22-20(21-3)25-14-12-23(13-15-25)18(2)19(26)24-10-6-7-11-24;/h18H,4-17H2,1-3H3,(H,21,22);1H. The van der Waals surface area contributed by atoms with Gasteiger partial charge in [-0.1, -0.05) is 13.3 Å². The van der Waals surface area contributed by atoms with Gasteiger partial charge in [0, 0.05) is 66.1 Å². The van der Waals surface area contributed by atoms with Gasteiger partial charge in [-0.25, -0.2) is 0 Å². The Morgan fingerprint density at radius 3 is 2.29 bits per heavy atom. The van der Waals surface area contributed by atoms with Crippen molar-refractivity contribution in [3.8, 4) is 0 Å². The predicted molar refractivity (Wildman–Crippen MR) is 126 cm³/mol. The lowest BCUT2D eigenvalue weighted by Gasteiger charge is -2.39. The molecule has 164 valence electrons. The van der Waals surface area contributed by atoms with Crippen LogP contribution in [0.4, 0.5) is 0 Å². The second-order valence-corrected chi connectivity index (χ2v) is 7.52. The minimum Gasteiger partial charge on any atom is -0.381 e. The van der Waals surface area contributed by atoms with Gasteiger partial charge >= 0.3 is 0 Å². The van der Waals surface area contributed by atoms with Crippen LogP contribution in [0.15, 0.2) is 4.99 Å². The molecule has 1 unspecified atom stereocenters. The van der Waals surface area contributed by atoms with Gasteiger partial charge in [0.05, 0.1) is 6.04 Å². The molecule has 0 aromatic rings.